The predicted octanol–water partition coefficient (Wildman–Crippen LogP) is 3.14. The minimum absolute atomic E-state index is 0.376. The number of amides is 1. The van der Waals surface area contributed by atoms with E-state index in [-0.39, 0.29) is 0 Å². The highest BCUT2D eigenvalue weighted by Gasteiger charge is 2.08. The maximum absolute atomic E-state index is 11.2. The summed E-state index contributed by atoms with van der Waals surface area (Å²) in [6.45, 7) is 4.35. The topological polar surface area (TPSA) is 81.1 Å². The van der Waals surface area contributed by atoms with Crippen LogP contribution in [0.1, 0.15) is 56.3 Å². The third-order valence-corrected chi connectivity index (χ3v) is 3.22. The van der Waals surface area contributed by atoms with Gasteiger partial charge < -0.3 is 16.8 Å². The number of carbonyl (C=O) groups excluding carboxylic acids is 1. The van der Waals surface area contributed by atoms with Gasteiger partial charge in [0.25, 0.3) is 5.91 Å². The van der Waals surface area contributed by atoms with Crippen LogP contribution in [0.5, 0.6) is 0 Å². The summed E-state index contributed by atoms with van der Waals surface area (Å²) in [5.41, 5.74) is 12.7. The summed E-state index contributed by atoms with van der Waals surface area (Å²) in [5.74, 6) is -0.489. The molecule has 0 bridgehead atoms. The quantitative estimate of drug-likeness (QED) is 0.498. The zero-order valence-electron chi connectivity index (χ0n) is 11.9. The molecule has 0 saturated heterocycles. The fourth-order valence-electron chi connectivity index (χ4n) is 2.09. The van der Waals surface area contributed by atoms with Crippen LogP contribution in [0, 0.1) is 0 Å². The van der Waals surface area contributed by atoms with Gasteiger partial charge in [0.05, 0.1) is 5.56 Å². The van der Waals surface area contributed by atoms with Gasteiger partial charge in [-0.15, -0.1) is 0 Å². The van der Waals surface area contributed by atoms with Crippen LogP contribution < -0.4 is 16.8 Å². The molecule has 106 valence electrons. The minimum atomic E-state index is -0.489. The first-order valence-electron chi connectivity index (χ1n) is 7.00. The summed E-state index contributed by atoms with van der Waals surface area (Å²) in [6, 6.07) is 5.69. The highest BCUT2D eigenvalue weighted by atomic mass is 16.1. The van der Waals surface area contributed by atoms with Crippen LogP contribution in [0.4, 0.5) is 11.4 Å². The predicted molar refractivity (Wildman–Crippen MR) is 81.2 cm³/mol. The van der Waals surface area contributed by atoms with E-state index in [1.807, 2.05) is 6.07 Å². The number of hydrogen-bond donors (Lipinski definition) is 3. The fraction of sp³-hybridized carbons (Fsp3) is 0.533. The minimum Gasteiger partial charge on any atom is -0.398 e. The first-order valence-corrected chi connectivity index (χ1v) is 7.00. The molecule has 0 heterocycles. The third-order valence-electron chi connectivity index (χ3n) is 3.22. The van der Waals surface area contributed by atoms with Crippen molar-refractivity contribution >= 4 is 17.3 Å². The van der Waals surface area contributed by atoms with E-state index >= 15 is 0 Å². The van der Waals surface area contributed by atoms with Crippen LogP contribution in [0.3, 0.4) is 0 Å². The molecule has 1 rings (SSSR count). The van der Waals surface area contributed by atoms with E-state index in [0.717, 1.165) is 12.1 Å². The molecule has 0 fully saturated rings. The lowest BCUT2D eigenvalue weighted by Crippen LogP contribution is -2.17. The maximum Gasteiger partial charge on any atom is 0.250 e. The first kappa shape index (κ1) is 15.3. The number of benzene rings is 1. The van der Waals surface area contributed by atoms with E-state index in [9.17, 15) is 4.79 Å². The average Bonchev–Trinajstić information content (AvgIpc) is 2.36. The lowest BCUT2D eigenvalue weighted by atomic mass is 10.1. The first-order chi connectivity index (χ1) is 9.04. The van der Waals surface area contributed by atoms with Crippen LogP contribution in [-0.4, -0.2) is 11.9 Å². The summed E-state index contributed by atoms with van der Waals surface area (Å²) >= 11 is 0. The number of nitrogen functional groups attached to an aromatic ring is 1. The van der Waals surface area contributed by atoms with Gasteiger partial charge in [0.15, 0.2) is 0 Å². The van der Waals surface area contributed by atoms with Gasteiger partial charge in [-0.1, -0.05) is 32.6 Å². The highest BCUT2D eigenvalue weighted by Crippen LogP contribution is 2.19. The van der Waals surface area contributed by atoms with Gasteiger partial charge in [0, 0.05) is 17.4 Å². The molecule has 4 nitrogen and oxygen atoms in total. The van der Waals surface area contributed by atoms with E-state index in [2.05, 4.69) is 19.2 Å². The van der Waals surface area contributed by atoms with Gasteiger partial charge in [0.1, 0.15) is 0 Å². The number of carbonyl (C=O) groups is 1. The Morgan fingerprint density at radius 2 is 2.05 bits per heavy atom. The molecule has 1 aromatic carbocycles. The zero-order chi connectivity index (χ0) is 14.3. The van der Waals surface area contributed by atoms with Crippen molar-refractivity contribution in [1.82, 2.24) is 0 Å². The van der Waals surface area contributed by atoms with Crippen molar-refractivity contribution in [3.63, 3.8) is 0 Å². The Morgan fingerprint density at radius 3 is 2.68 bits per heavy atom. The van der Waals surface area contributed by atoms with Crippen molar-refractivity contribution in [2.75, 3.05) is 11.1 Å². The monoisotopic (exact) mass is 263 g/mol. The van der Waals surface area contributed by atoms with Gasteiger partial charge >= 0.3 is 0 Å². The molecule has 1 amide bonds. The summed E-state index contributed by atoms with van der Waals surface area (Å²) in [7, 11) is 0. The number of nitrogens with one attached hydrogen (secondary N) is 1. The van der Waals surface area contributed by atoms with Crippen LogP contribution in [0.25, 0.3) is 0 Å². The molecular formula is C15H25N3O. The van der Waals surface area contributed by atoms with Gasteiger partial charge in [-0.2, -0.15) is 0 Å². The van der Waals surface area contributed by atoms with Crippen molar-refractivity contribution < 1.29 is 4.79 Å². The van der Waals surface area contributed by atoms with Crippen LogP contribution in [-0.2, 0) is 0 Å². The van der Waals surface area contributed by atoms with E-state index in [0.29, 0.717) is 17.3 Å². The largest absolute Gasteiger partial charge is 0.398 e. The molecule has 1 unspecified atom stereocenters. The Labute approximate surface area is 115 Å². The van der Waals surface area contributed by atoms with Gasteiger partial charge in [-0.25, -0.2) is 0 Å². The van der Waals surface area contributed by atoms with Gasteiger partial charge in [-0.05, 0) is 31.5 Å². The highest BCUT2D eigenvalue weighted by molar-refractivity contribution is 5.98. The molecule has 0 aliphatic heterocycles. The van der Waals surface area contributed by atoms with Crippen molar-refractivity contribution in [3.05, 3.63) is 23.8 Å². The van der Waals surface area contributed by atoms with Gasteiger partial charge in [0.2, 0.25) is 0 Å². The molecule has 1 aromatic rings. The molecule has 0 spiro atoms. The summed E-state index contributed by atoms with van der Waals surface area (Å²) in [5, 5.41) is 3.38. The van der Waals surface area contributed by atoms with E-state index in [4.69, 9.17) is 11.5 Å². The number of hydrogen-bond acceptors (Lipinski definition) is 3. The lowest BCUT2D eigenvalue weighted by Gasteiger charge is -2.16. The second-order valence-electron chi connectivity index (χ2n) is 5.06. The molecule has 4 heteroatoms. The molecule has 19 heavy (non-hydrogen) atoms. The van der Waals surface area contributed by atoms with Crippen molar-refractivity contribution in [1.29, 1.82) is 0 Å². The number of rotatable bonds is 8. The standard InChI is InChI=1S/C15H25N3O/c1-3-4-5-6-7-11(2)18-12-8-9-14(16)13(10-12)15(17)19/h8-11,18H,3-7,16H2,1-2H3,(H2,17,19). The SMILES string of the molecule is CCCCCCC(C)Nc1ccc(N)c(C(N)=O)c1. The second kappa shape index (κ2) is 7.67. The molecule has 0 radical (unpaired) electrons. The molecular weight excluding hydrogens is 238 g/mol. The Bertz CT molecular complexity index is 418. The molecule has 1 atom stereocenters. The maximum atomic E-state index is 11.2. The smallest absolute Gasteiger partial charge is 0.250 e. The lowest BCUT2D eigenvalue weighted by molar-refractivity contribution is 0.100. The number of unbranched alkanes of at least 4 members (excludes halogenated alkanes) is 3. The van der Waals surface area contributed by atoms with Crippen LogP contribution in [0.15, 0.2) is 18.2 Å². The average molecular weight is 263 g/mol. The normalized spacial score (nSPS) is 12.1. The number of primary amides is 1. The van der Waals surface area contributed by atoms with E-state index in [1.165, 1.54) is 25.7 Å². The van der Waals surface area contributed by atoms with Crippen LogP contribution >= 0.6 is 0 Å². The number of nitrogens with two attached hydrogens (primary N) is 2. The van der Waals surface area contributed by atoms with Crippen molar-refractivity contribution in [2.45, 2.75) is 52.0 Å². The molecule has 0 aliphatic carbocycles. The Kier molecular flexibility index (Phi) is 6.19. The fourth-order valence-corrected chi connectivity index (χ4v) is 2.09. The summed E-state index contributed by atoms with van der Waals surface area (Å²) < 4.78 is 0. The van der Waals surface area contributed by atoms with Crippen molar-refractivity contribution in [3.8, 4) is 0 Å². The third kappa shape index (κ3) is 5.20. The summed E-state index contributed by atoms with van der Waals surface area (Å²) in [6.07, 6.45) is 6.16. The van der Waals surface area contributed by atoms with E-state index in [1.54, 1.807) is 12.1 Å². The number of anilines is 2. The molecule has 5 N–H and O–H groups in total. The molecule has 0 saturated carbocycles. The summed E-state index contributed by atoms with van der Waals surface area (Å²) in [4.78, 5) is 11.2. The Hall–Kier alpha value is -1.71. The van der Waals surface area contributed by atoms with E-state index < -0.39 is 5.91 Å². The molecule has 0 aromatic heterocycles. The Morgan fingerprint density at radius 1 is 1.32 bits per heavy atom. The molecule has 0 aliphatic rings. The second-order valence-corrected chi connectivity index (χ2v) is 5.06. The van der Waals surface area contributed by atoms with Gasteiger partial charge in [-0.3, -0.25) is 4.79 Å². The van der Waals surface area contributed by atoms with Crippen LogP contribution in [0.2, 0.25) is 0 Å². The zero-order valence-corrected chi connectivity index (χ0v) is 11.9. The van der Waals surface area contributed by atoms with Crippen molar-refractivity contribution in [2.24, 2.45) is 5.73 Å². The Balaban J connectivity index is 2.52.